The highest BCUT2D eigenvalue weighted by atomic mass is 79.9. The number of anilines is 1. The SMILES string of the molecule is Brc1cnc(N[C@@H](c2ccccc2)[C@@H]2CCOC2)nc1. The predicted molar refractivity (Wildman–Crippen MR) is 81.5 cm³/mol. The molecule has 2 atom stereocenters. The Labute approximate surface area is 126 Å². The van der Waals surface area contributed by atoms with Crippen LogP contribution in [0.15, 0.2) is 47.2 Å². The second-order valence-electron chi connectivity index (χ2n) is 4.88. The Morgan fingerprint density at radius 3 is 2.60 bits per heavy atom. The van der Waals surface area contributed by atoms with Crippen molar-refractivity contribution in [1.82, 2.24) is 9.97 Å². The maximum atomic E-state index is 5.53. The zero-order chi connectivity index (χ0) is 13.8. The van der Waals surface area contributed by atoms with E-state index in [0.717, 1.165) is 24.1 Å². The van der Waals surface area contributed by atoms with Gasteiger partial charge in [-0.2, -0.15) is 0 Å². The minimum atomic E-state index is 0.180. The lowest BCUT2D eigenvalue weighted by atomic mass is 9.92. The van der Waals surface area contributed by atoms with E-state index >= 15 is 0 Å². The van der Waals surface area contributed by atoms with Crippen molar-refractivity contribution in [2.24, 2.45) is 5.92 Å². The first-order chi connectivity index (χ1) is 9.83. The van der Waals surface area contributed by atoms with Crippen LogP contribution in [0.5, 0.6) is 0 Å². The molecule has 1 aliphatic heterocycles. The number of benzene rings is 1. The van der Waals surface area contributed by atoms with Gasteiger partial charge < -0.3 is 10.1 Å². The van der Waals surface area contributed by atoms with Crippen molar-refractivity contribution in [2.75, 3.05) is 18.5 Å². The number of aromatic nitrogens is 2. The first-order valence-corrected chi connectivity index (χ1v) is 7.49. The van der Waals surface area contributed by atoms with Gasteiger partial charge in [-0.15, -0.1) is 0 Å². The molecule has 0 radical (unpaired) electrons. The second kappa shape index (κ2) is 6.33. The van der Waals surface area contributed by atoms with Crippen LogP contribution in [0.4, 0.5) is 5.95 Å². The van der Waals surface area contributed by atoms with Gasteiger partial charge in [0.05, 0.1) is 17.1 Å². The lowest BCUT2D eigenvalue weighted by Gasteiger charge is -2.24. The van der Waals surface area contributed by atoms with E-state index in [1.54, 1.807) is 12.4 Å². The van der Waals surface area contributed by atoms with Gasteiger partial charge in [-0.05, 0) is 27.9 Å². The first kappa shape index (κ1) is 13.5. The molecule has 4 nitrogen and oxygen atoms in total. The number of rotatable bonds is 4. The molecule has 1 saturated heterocycles. The second-order valence-corrected chi connectivity index (χ2v) is 5.80. The van der Waals surface area contributed by atoms with E-state index in [9.17, 15) is 0 Å². The molecule has 2 aromatic rings. The van der Waals surface area contributed by atoms with E-state index in [0.29, 0.717) is 11.9 Å². The minimum Gasteiger partial charge on any atom is -0.381 e. The molecule has 1 N–H and O–H groups in total. The van der Waals surface area contributed by atoms with Gasteiger partial charge in [-0.25, -0.2) is 9.97 Å². The molecule has 0 saturated carbocycles. The fraction of sp³-hybridized carbons (Fsp3) is 0.333. The monoisotopic (exact) mass is 333 g/mol. The van der Waals surface area contributed by atoms with E-state index < -0.39 is 0 Å². The topological polar surface area (TPSA) is 47.0 Å². The van der Waals surface area contributed by atoms with Crippen molar-refractivity contribution in [3.05, 3.63) is 52.8 Å². The fourth-order valence-electron chi connectivity index (χ4n) is 2.48. The summed E-state index contributed by atoms with van der Waals surface area (Å²) in [6.07, 6.45) is 4.56. The average Bonchev–Trinajstić information content (AvgIpc) is 3.01. The standard InChI is InChI=1S/C15H16BrN3O/c16-13-8-17-15(18-9-13)19-14(12-6-7-20-10-12)11-4-2-1-3-5-11/h1-5,8-9,12,14H,6-7,10H2,(H,17,18,19)/t12-,14+/m1/s1. The Balaban J connectivity index is 1.83. The number of nitrogens with zero attached hydrogens (tertiary/aromatic N) is 2. The highest BCUT2D eigenvalue weighted by Crippen LogP contribution is 2.31. The van der Waals surface area contributed by atoms with Crippen LogP contribution in [0, 0.1) is 5.92 Å². The van der Waals surface area contributed by atoms with Crippen molar-refractivity contribution in [3.8, 4) is 0 Å². The molecule has 0 aliphatic carbocycles. The lowest BCUT2D eigenvalue weighted by molar-refractivity contribution is 0.182. The number of hydrogen-bond donors (Lipinski definition) is 1. The average molecular weight is 334 g/mol. The van der Waals surface area contributed by atoms with Gasteiger partial charge in [0, 0.05) is 24.9 Å². The molecular formula is C15H16BrN3O. The van der Waals surface area contributed by atoms with Crippen LogP contribution in [-0.4, -0.2) is 23.2 Å². The summed E-state index contributed by atoms with van der Waals surface area (Å²) in [4.78, 5) is 8.61. The van der Waals surface area contributed by atoms with Gasteiger partial charge in [0.2, 0.25) is 5.95 Å². The number of hydrogen-bond acceptors (Lipinski definition) is 4. The first-order valence-electron chi connectivity index (χ1n) is 6.70. The summed E-state index contributed by atoms with van der Waals surface area (Å²) < 4.78 is 6.41. The lowest BCUT2D eigenvalue weighted by Crippen LogP contribution is -2.22. The van der Waals surface area contributed by atoms with Crippen molar-refractivity contribution >= 4 is 21.9 Å². The Morgan fingerprint density at radius 1 is 1.20 bits per heavy atom. The maximum Gasteiger partial charge on any atom is 0.223 e. The van der Waals surface area contributed by atoms with Crippen LogP contribution in [0.1, 0.15) is 18.0 Å². The summed E-state index contributed by atoms with van der Waals surface area (Å²) in [5.41, 5.74) is 1.24. The molecule has 0 unspecified atom stereocenters. The number of nitrogens with one attached hydrogen (secondary N) is 1. The highest BCUT2D eigenvalue weighted by Gasteiger charge is 2.27. The Morgan fingerprint density at radius 2 is 1.95 bits per heavy atom. The summed E-state index contributed by atoms with van der Waals surface area (Å²) in [6.45, 7) is 1.61. The summed E-state index contributed by atoms with van der Waals surface area (Å²) in [5.74, 6) is 1.10. The molecule has 1 fully saturated rings. The third kappa shape index (κ3) is 3.16. The van der Waals surface area contributed by atoms with E-state index in [1.807, 2.05) is 6.07 Å². The van der Waals surface area contributed by atoms with Crippen LogP contribution in [0.25, 0.3) is 0 Å². The van der Waals surface area contributed by atoms with Crippen molar-refractivity contribution in [1.29, 1.82) is 0 Å². The Hall–Kier alpha value is -1.46. The fourth-order valence-corrected chi connectivity index (χ4v) is 2.68. The van der Waals surface area contributed by atoms with Crippen LogP contribution >= 0.6 is 15.9 Å². The molecule has 0 spiro atoms. The summed E-state index contributed by atoms with van der Waals surface area (Å²) in [5, 5.41) is 3.44. The molecule has 5 heteroatoms. The summed E-state index contributed by atoms with van der Waals surface area (Å²) in [7, 11) is 0. The van der Waals surface area contributed by atoms with Crippen LogP contribution in [0.2, 0.25) is 0 Å². The van der Waals surface area contributed by atoms with Gasteiger partial charge in [0.15, 0.2) is 0 Å². The van der Waals surface area contributed by atoms with Gasteiger partial charge in [-0.1, -0.05) is 30.3 Å². The van der Waals surface area contributed by atoms with Gasteiger partial charge in [0.25, 0.3) is 0 Å². The molecule has 104 valence electrons. The zero-order valence-corrected chi connectivity index (χ0v) is 12.6. The Bertz CT molecular complexity index is 541. The molecule has 0 amide bonds. The number of ether oxygens (including phenoxy) is 1. The molecular weight excluding hydrogens is 318 g/mol. The van der Waals surface area contributed by atoms with E-state index in [4.69, 9.17) is 4.74 Å². The van der Waals surface area contributed by atoms with E-state index in [1.165, 1.54) is 5.56 Å². The van der Waals surface area contributed by atoms with Crippen molar-refractivity contribution < 1.29 is 4.74 Å². The maximum absolute atomic E-state index is 5.53. The van der Waals surface area contributed by atoms with Gasteiger partial charge in [0.1, 0.15) is 0 Å². The molecule has 3 rings (SSSR count). The quantitative estimate of drug-likeness (QED) is 0.931. The smallest absolute Gasteiger partial charge is 0.223 e. The third-order valence-corrected chi connectivity index (χ3v) is 3.91. The number of halogens is 1. The molecule has 1 aromatic carbocycles. The molecule has 0 bridgehead atoms. The summed E-state index contributed by atoms with van der Waals surface area (Å²) in [6, 6.07) is 10.6. The van der Waals surface area contributed by atoms with Gasteiger partial charge >= 0.3 is 0 Å². The summed E-state index contributed by atoms with van der Waals surface area (Å²) >= 11 is 3.35. The predicted octanol–water partition coefficient (Wildman–Crippen LogP) is 3.43. The van der Waals surface area contributed by atoms with Crippen LogP contribution < -0.4 is 5.32 Å². The molecule has 1 aliphatic rings. The Kier molecular flexibility index (Phi) is 4.28. The molecule has 2 heterocycles. The third-order valence-electron chi connectivity index (χ3n) is 3.50. The van der Waals surface area contributed by atoms with Crippen LogP contribution in [-0.2, 0) is 4.74 Å². The normalized spacial score (nSPS) is 19.8. The van der Waals surface area contributed by atoms with Crippen LogP contribution in [0.3, 0.4) is 0 Å². The van der Waals surface area contributed by atoms with E-state index in [-0.39, 0.29) is 6.04 Å². The highest BCUT2D eigenvalue weighted by molar-refractivity contribution is 9.10. The largest absolute Gasteiger partial charge is 0.381 e. The molecule has 20 heavy (non-hydrogen) atoms. The van der Waals surface area contributed by atoms with Crippen molar-refractivity contribution in [2.45, 2.75) is 12.5 Å². The van der Waals surface area contributed by atoms with Gasteiger partial charge in [-0.3, -0.25) is 0 Å². The van der Waals surface area contributed by atoms with E-state index in [2.05, 4.69) is 55.5 Å². The molecule has 1 aromatic heterocycles. The minimum absolute atomic E-state index is 0.180. The van der Waals surface area contributed by atoms with Crippen molar-refractivity contribution in [3.63, 3.8) is 0 Å². The zero-order valence-electron chi connectivity index (χ0n) is 11.0.